The van der Waals surface area contributed by atoms with E-state index in [9.17, 15) is 5.21 Å². The molecule has 0 unspecified atom stereocenters. The van der Waals surface area contributed by atoms with Crippen LogP contribution in [0.4, 0.5) is 11.4 Å². The lowest BCUT2D eigenvalue weighted by molar-refractivity contribution is 0.296. The molecule has 0 aliphatic rings. The number of anilines is 2. The van der Waals surface area contributed by atoms with E-state index in [-0.39, 0.29) is 10.9 Å². The van der Waals surface area contributed by atoms with E-state index in [1.807, 2.05) is 0 Å². The summed E-state index contributed by atoms with van der Waals surface area (Å²) in [5.74, 6) is 0. The molecule has 0 saturated heterocycles. The Labute approximate surface area is 58.0 Å². The fourth-order valence-corrected chi connectivity index (χ4v) is 0.644. The summed E-state index contributed by atoms with van der Waals surface area (Å²) in [7, 11) is 0. The van der Waals surface area contributed by atoms with E-state index in [2.05, 4.69) is 0 Å². The summed E-state index contributed by atoms with van der Waals surface area (Å²) < 4.78 is 0. The normalized spacial score (nSPS) is 9.40. The van der Waals surface area contributed by atoms with E-state index in [1.54, 1.807) is 12.1 Å². The number of benzene rings is 1. The molecule has 0 saturated carbocycles. The monoisotopic (exact) mass is 139 g/mol. The molecule has 0 bridgehead atoms. The van der Waals surface area contributed by atoms with Crippen molar-refractivity contribution in [2.24, 2.45) is 0 Å². The third-order valence-corrected chi connectivity index (χ3v) is 1.09. The standard InChI is InChI=1S/C6H7N2O2/c7-5-2-1-3-6(4-5)8(9)10/h1-4,9H,7H2/q-1. The molecule has 0 heterocycles. The molecular weight excluding hydrogens is 132 g/mol. The molecule has 0 aliphatic heterocycles. The Kier molecular flexibility index (Phi) is 1.75. The molecule has 1 aromatic rings. The summed E-state index contributed by atoms with van der Waals surface area (Å²) in [6.07, 6.45) is 0. The second-order valence-corrected chi connectivity index (χ2v) is 1.87. The molecule has 0 spiro atoms. The highest BCUT2D eigenvalue weighted by Crippen LogP contribution is 2.13. The van der Waals surface area contributed by atoms with Gasteiger partial charge in [0.05, 0.1) is 5.69 Å². The molecule has 3 N–H and O–H groups in total. The molecule has 10 heavy (non-hydrogen) atoms. The Hall–Kier alpha value is -1.26. The van der Waals surface area contributed by atoms with Gasteiger partial charge in [-0.1, -0.05) is 6.07 Å². The Balaban J connectivity index is 2.96. The van der Waals surface area contributed by atoms with Crippen LogP contribution in [0, 0.1) is 5.21 Å². The molecule has 54 valence electrons. The van der Waals surface area contributed by atoms with Gasteiger partial charge in [-0.05, 0) is 18.2 Å². The van der Waals surface area contributed by atoms with Gasteiger partial charge in [-0.2, -0.15) is 0 Å². The van der Waals surface area contributed by atoms with E-state index in [0.29, 0.717) is 5.69 Å². The summed E-state index contributed by atoms with van der Waals surface area (Å²) in [4.78, 5) is 0. The first-order valence-corrected chi connectivity index (χ1v) is 2.72. The van der Waals surface area contributed by atoms with Crippen LogP contribution in [0.2, 0.25) is 0 Å². The maximum absolute atomic E-state index is 10.2. The molecule has 4 heteroatoms. The lowest BCUT2D eigenvalue weighted by Gasteiger charge is -2.21. The summed E-state index contributed by atoms with van der Waals surface area (Å²) in [5.41, 5.74) is 5.91. The molecule has 0 atom stereocenters. The van der Waals surface area contributed by atoms with Crippen molar-refractivity contribution in [1.29, 1.82) is 0 Å². The predicted octanol–water partition coefficient (Wildman–Crippen LogP) is 0.962. The van der Waals surface area contributed by atoms with E-state index in [1.165, 1.54) is 12.1 Å². The van der Waals surface area contributed by atoms with Crippen LogP contribution in [-0.4, -0.2) is 5.21 Å². The molecule has 1 aromatic carbocycles. The average molecular weight is 139 g/mol. The fourth-order valence-electron chi connectivity index (χ4n) is 0.644. The smallest absolute Gasteiger partial charge is 0.0529 e. The maximum atomic E-state index is 10.2. The van der Waals surface area contributed by atoms with E-state index >= 15 is 0 Å². The predicted molar refractivity (Wildman–Crippen MR) is 38.5 cm³/mol. The van der Waals surface area contributed by atoms with Gasteiger partial charge in [0.25, 0.3) is 0 Å². The number of hydrogen-bond acceptors (Lipinski definition) is 4. The van der Waals surface area contributed by atoms with E-state index < -0.39 is 0 Å². The van der Waals surface area contributed by atoms with Crippen LogP contribution in [0.3, 0.4) is 0 Å². The molecule has 4 nitrogen and oxygen atoms in total. The second kappa shape index (κ2) is 2.55. The largest absolute Gasteiger partial charge is 0.733 e. The summed E-state index contributed by atoms with van der Waals surface area (Å²) >= 11 is 0. The van der Waals surface area contributed by atoms with Crippen LogP contribution < -0.4 is 11.0 Å². The first-order chi connectivity index (χ1) is 4.70. The molecule has 0 aliphatic carbocycles. The molecule has 0 aromatic heterocycles. The van der Waals surface area contributed by atoms with Gasteiger partial charge < -0.3 is 16.2 Å². The van der Waals surface area contributed by atoms with E-state index in [4.69, 9.17) is 10.9 Å². The number of nitrogens with zero attached hydrogens (tertiary/aromatic N) is 1. The Morgan fingerprint density at radius 1 is 1.50 bits per heavy atom. The van der Waals surface area contributed by atoms with Gasteiger partial charge in [-0.25, -0.2) is 0 Å². The van der Waals surface area contributed by atoms with Gasteiger partial charge in [-0.15, -0.1) is 0 Å². The zero-order valence-electron chi connectivity index (χ0n) is 5.19. The summed E-state index contributed by atoms with van der Waals surface area (Å²) in [6.45, 7) is 0. The van der Waals surface area contributed by atoms with Gasteiger partial charge in [-0.3, -0.25) is 5.21 Å². The summed E-state index contributed by atoms with van der Waals surface area (Å²) in [5, 5.41) is 18.4. The Bertz CT molecular complexity index is 225. The van der Waals surface area contributed by atoms with Gasteiger partial charge in [0.15, 0.2) is 0 Å². The van der Waals surface area contributed by atoms with Gasteiger partial charge in [0.2, 0.25) is 0 Å². The van der Waals surface area contributed by atoms with Crippen LogP contribution in [0.1, 0.15) is 0 Å². The minimum absolute atomic E-state index is 0.139. The van der Waals surface area contributed by atoms with Crippen molar-refractivity contribution in [2.75, 3.05) is 11.0 Å². The van der Waals surface area contributed by atoms with Crippen molar-refractivity contribution in [3.05, 3.63) is 29.5 Å². The fraction of sp³-hybridized carbons (Fsp3) is 0. The minimum atomic E-state index is -0.226. The number of rotatable bonds is 1. The topological polar surface area (TPSA) is 72.5 Å². The SMILES string of the molecule is Nc1cccc(N([O-])O)c1. The van der Waals surface area contributed by atoms with Crippen LogP contribution in [0.15, 0.2) is 24.3 Å². The second-order valence-electron chi connectivity index (χ2n) is 1.87. The highest BCUT2D eigenvalue weighted by atomic mass is 16.8. The summed E-state index contributed by atoms with van der Waals surface area (Å²) in [6, 6.07) is 6.06. The highest BCUT2D eigenvalue weighted by molar-refractivity contribution is 5.54. The molecule has 1 rings (SSSR count). The van der Waals surface area contributed by atoms with Crippen molar-refractivity contribution < 1.29 is 5.21 Å². The van der Waals surface area contributed by atoms with Crippen molar-refractivity contribution in [1.82, 2.24) is 0 Å². The van der Waals surface area contributed by atoms with Crippen LogP contribution >= 0.6 is 0 Å². The van der Waals surface area contributed by atoms with Crippen LogP contribution in [-0.2, 0) is 0 Å². The van der Waals surface area contributed by atoms with Crippen molar-refractivity contribution in [3.8, 4) is 0 Å². The zero-order chi connectivity index (χ0) is 7.56. The lowest BCUT2D eigenvalue weighted by Crippen LogP contribution is -2.06. The number of nitrogen functional groups attached to an aromatic ring is 1. The zero-order valence-corrected chi connectivity index (χ0v) is 5.19. The van der Waals surface area contributed by atoms with Crippen molar-refractivity contribution in [3.63, 3.8) is 0 Å². The average Bonchev–Trinajstić information content (AvgIpc) is 1.88. The molecule has 0 amide bonds. The van der Waals surface area contributed by atoms with Gasteiger partial charge in [0, 0.05) is 5.69 Å². The van der Waals surface area contributed by atoms with Gasteiger partial charge >= 0.3 is 0 Å². The van der Waals surface area contributed by atoms with Gasteiger partial charge in [0.1, 0.15) is 0 Å². The molecule has 0 radical (unpaired) electrons. The van der Waals surface area contributed by atoms with Crippen LogP contribution in [0.25, 0.3) is 0 Å². The van der Waals surface area contributed by atoms with Crippen LogP contribution in [0.5, 0.6) is 0 Å². The number of nitrogens with two attached hydrogens (primary N) is 1. The third kappa shape index (κ3) is 1.37. The third-order valence-electron chi connectivity index (χ3n) is 1.09. The van der Waals surface area contributed by atoms with Crippen molar-refractivity contribution >= 4 is 11.4 Å². The first kappa shape index (κ1) is 6.85. The first-order valence-electron chi connectivity index (χ1n) is 2.72. The van der Waals surface area contributed by atoms with E-state index in [0.717, 1.165) is 0 Å². The molecular formula is C6H7N2O2-. The quantitative estimate of drug-likeness (QED) is 0.449. The highest BCUT2D eigenvalue weighted by Gasteiger charge is 1.89. The maximum Gasteiger partial charge on any atom is 0.0529 e. The van der Waals surface area contributed by atoms with Crippen molar-refractivity contribution in [2.45, 2.75) is 0 Å². The Morgan fingerprint density at radius 3 is 2.60 bits per heavy atom. The minimum Gasteiger partial charge on any atom is -0.733 e. The lowest BCUT2D eigenvalue weighted by atomic mass is 10.3. The number of hydrogen-bond donors (Lipinski definition) is 2. The Morgan fingerprint density at radius 2 is 2.20 bits per heavy atom. The molecule has 0 fully saturated rings.